The second-order valence-corrected chi connectivity index (χ2v) is 6.93. The third kappa shape index (κ3) is 5.28. The van der Waals surface area contributed by atoms with Gasteiger partial charge in [-0.3, -0.25) is 0 Å². The van der Waals surface area contributed by atoms with Crippen LogP contribution in [0.5, 0.6) is 0 Å². The van der Waals surface area contributed by atoms with Gasteiger partial charge in [-0.05, 0) is 26.3 Å². The van der Waals surface area contributed by atoms with E-state index in [0.717, 1.165) is 0 Å². The largest absolute Gasteiger partial charge is 0.390 e. The first-order valence-electron chi connectivity index (χ1n) is 5.36. The van der Waals surface area contributed by atoms with Gasteiger partial charge in [0.15, 0.2) is 9.84 Å². The minimum absolute atomic E-state index is 0.143. The van der Waals surface area contributed by atoms with E-state index in [1.54, 1.807) is 19.9 Å². The Morgan fingerprint density at radius 2 is 1.88 bits per heavy atom. The summed E-state index contributed by atoms with van der Waals surface area (Å²) in [7, 11) is -3.39. The lowest BCUT2D eigenvalue weighted by atomic mass is 10.1. The lowest BCUT2D eigenvalue weighted by molar-refractivity contribution is 0.0772. The van der Waals surface area contributed by atoms with Crippen LogP contribution < -0.4 is 0 Å². The van der Waals surface area contributed by atoms with E-state index in [1.807, 2.05) is 0 Å². The summed E-state index contributed by atoms with van der Waals surface area (Å²) in [5, 5.41) is 9.46. The van der Waals surface area contributed by atoms with Crippen molar-refractivity contribution in [2.45, 2.75) is 31.6 Å². The summed E-state index contributed by atoms with van der Waals surface area (Å²) in [5.74, 6) is -0.986. The number of halogens is 1. The van der Waals surface area contributed by atoms with E-state index in [4.69, 9.17) is 0 Å². The van der Waals surface area contributed by atoms with Crippen molar-refractivity contribution >= 4 is 9.84 Å². The van der Waals surface area contributed by atoms with Crippen LogP contribution in [0.2, 0.25) is 0 Å². The Bertz CT molecular complexity index is 475. The Morgan fingerprint density at radius 3 is 2.41 bits per heavy atom. The maximum atomic E-state index is 13.3. The van der Waals surface area contributed by atoms with Crippen LogP contribution >= 0.6 is 0 Å². The summed E-state index contributed by atoms with van der Waals surface area (Å²) in [6.07, 6.45) is 0.143. The SMILES string of the molecule is CC(C)(O)CCS(=O)(=O)Cc1ccccc1F. The number of aliphatic hydroxyl groups is 1. The van der Waals surface area contributed by atoms with Gasteiger partial charge in [0, 0.05) is 5.56 Å². The molecule has 0 aromatic heterocycles. The summed E-state index contributed by atoms with van der Waals surface area (Å²) in [4.78, 5) is 0. The second-order valence-electron chi connectivity index (χ2n) is 4.75. The minimum Gasteiger partial charge on any atom is -0.390 e. The van der Waals surface area contributed by atoms with Gasteiger partial charge < -0.3 is 5.11 Å². The predicted molar refractivity (Wildman–Crippen MR) is 64.8 cm³/mol. The Morgan fingerprint density at radius 1 is 1.29 bits per heavy atom. The molecule has 0 heterocycles. The Balaban J connectivity index is 2.71. The van der Waals surface area contributed by atoms with Crippen LogP contribution in [-0.4, -0.2) is 24.9 Å². The van der Waals surface area contributed by atoms with Crippen molar-refractivity contribution in [3.63, 3.8) is 0 Å². The Hall–Kier alpha value is -0.940. The molecule has 0 radical (unpaired) electrons. The number of hydrogen-bond donors (Lipinski definition) is 1. The number of sulfone groups is 1. The molecular weight excluding hydrogens is 243 g/mol. The molecule has 96 valence electrons. The molecular formula is C12H17FO3S. The van der Waals surface area contributed by atoms with Gasteiger partial charge in [0.1, 0.15) is 5.82 Å². The van der Waals surface area contributed by atoms with Crippen LogP contribution in [0.15, 0.2) is 24.3 Å². The van der Waals surface area contributed by atoms with Crippen LogP contribution in [0.4, 0.5) is 4.39 Å². The molecule has 1 aromatic carbocycles. The highest BCUT2D eigenvalue weighted by Gasteiger charge is 2.20. The van der Waals surface area contributed by atoms with Crippen molar-refractivity contribution < 1.29 is 17.9 Å². The molecule has 0 atom stereocenters. The lowest BCUT2D eigenvalue weighted by Gasteiger charge is -2.16. The van der Waals surface area contributed by atoms with Crippen LogP contribution in [0.1, 0.15) is 25.8 Å². The third-order valence-corrected chi connectivity index (χ3v) is 3.94. The molecule has 5 heteroatoms. The van der Waals surface area contributed by atoms with Gasteiger partial charge in [-0.2, -0.15) is 0 Å². The fourth-order valence-corrected chi connectivity index (χ4v) is 2.99. The van der Waals surface area contributed by atoms with E-state index in [2.05, 4.69) is 0 Å². The fraction of sp³-hybridized carbons (Fsp3) is 0.500. The van der Waals surface area contributed by atoms with Crippen LogP contribution in [-0.2, 0) is 15.6 Å². The zero-order valence-electron chi connectivity index (χ0n) is 9.98. The molecule has 0 unspecified atom stereocenters. The van der Waals surface area contributed by atoms with Gasteiger partial charge in [0.25, 0.3) is 0 Å². The lowest BCUT2D eigenvalue weighted by Crippen LogP contribution is -2.24. The van der Waals surface area contributed by atoms with Gasteiger partial charge in [0.05, 0.1) is 17.1 Å². The minimum atomic E-state index is -3.39. The van der Waals surface area contributed by atoms with Crippen LogP contribution in [0.25, 0.3) is 0 Å². The number of benzene rings is 1. The summed E-state index contributed by atoms with van der Waals surface area (Å²) >= 11 is 0. The molecule has 0 spiro atoms. The van der Waals surface area contributed by atoms with Crippen molar-refractivity contribution in [1.29, 1.82) is 0 Å². The second kappa shape index (κ2) is 5.14. The quantitative estimate of drug-likeness (QED) is 0.879. The van der Waals surface area contributed by atoms with Crippen molar-refractivity contribution in [3.8, 4) is 0 Å². The monoisotopic (exact) mass is 260 g/mol. The van der Waals surface area contributed by atoms with Crippen molar-refractivity contribution in [3.05, 3.63) is 35.6 Å². The van der Waals surface area contributed by atoms with E-state index in [9.17, 15) is 17.9 Å². The van der Waals surface area contributed by atoms with Gasteiger partial charge in [-0.25, -0.2) is 12.8 Å². The van der Waals surface area contributed by atoms with E-state index >= 15 is 0 Å². The molecule has 1 aromatic rings. The first-order valence-corrected chi connectivity index (χ1v) is 7.18. The maximum absolute atomic E-state index is 13.3. The summed E-state index contributed by atoms with van der Waals surface area (Å²) in [6, 6.07) is 5.81. The van der Waals surface area contributed by atoms with Gasteiger partial charge in [0.2, 0.25) is 0 Å². The van der Waals surface area contributed by atoms with E-state index in [1.165, 1.54) is 18.2 Å². The number of hydrogen-bond acceptors (Lipinski definition) is 3. The maximum Gasteiger partial charge on any atom is 0.154 e. The topological polar surface area (TPSA) is 54.4 Å². The Labute approximate surface area is 101 Å². The zero-order chi connectivity index (χ0) is 13.1. The standard InChI is InChI=1S/C12H17FO3S/c1-12(2,14)7-8-17(15,16)9-10-5-3-4-6-11(10)13/h3-6,14H,7-9H2,1-2H3. The molecule has 0 saturated heterocycles. The number of rotatable bonds is 5. The zero-order valence-corrected chi connectivity index (χ0v) is 10.8. The first-order chi connectivity index (χ1) is 7.70. The first kappa shape index (κ1) is 14.1. The molecule has 0 aliphatic carbocycles. The summed E-state index contributed by atoms with van der Waals surface area (Å²) < 4.78 is 36.7. The highest BCUT2D eigenvalue weighted by Crippen LogP contribution is 2.15. The molecule has 0 aliphatic heterocycles. The molecule has 1 rings (SSSR count). The average molecular weight is 260 g/mol. The summed E-state index contributed by atoms with van der Waals surface area (Å²) in [5.41, 5.74) is -0.856. The smallest absolute Gasteiger partial charge is 0.154 e. The normalized spacial score (nSPS) is 12.7. The van der Waals surface area contributed by atoms with Gasteiger partial charge >= 0.3 is 0 Å². The van der Waals surface area contributed by atoms with E-state index < -0.39 is 21.3 Å². The van der Waals surface area contributed by atoms with Crippen molar-refractivity contribution in [1.82, 2.24) is 0 Å². The molecule has 0 aliphatic rings. The van der Waals surface area contributed by atoms with Gasteiger partial charge in [-0.1, -0.05) is 18.2 Å². The highest BCUT2D eigenvalue weighted by atomic mass is 32.2. The fourth-order valence-electron chi connectivity index (χ4n) is 1.33. The highest BCUT2D eigenvalue weighted by molar-refractivity contribution is 7.90. The molecule has 0 bridgehead atoms. The Kier molecular flexibility index (Phi) is 4.27. The predicted octanol–water partition coefficient (Wildman–Crippen LogP) is 1.90. The van der Waals surface area contributed by atoms with Crippen LogP contribution in [0.3, 0.4) is 0 Å². The van der Waals surface area contributed by atoms with Gasteiger partial charge in [-0.15, -0.1) is 0 Å². The molecule has 0 amide bonds. The average Bonchev–Trinajstić information content (AvgIpc) is 2.18. The van der Waals surface area contributed by atoms with E-state index in [-0.39, 0.29) is 23.5 Å². The van der Waals surface area contributed by atoms with Crippen LogP contribution in [0, 0.1) is 5.82 Å². The molecule has 1 N–H and O–H groups in total. The van der Waals surface area contributed by atoms with E-state index in [0.29, 0.717) is 0 Å². The molecule has 17 heavy (non-hydrogen) atoms. The van der Waals surface area contributed by atoms with Crippen molar-refractivity contribution in [2.24, 2.45) is 0 Å². The molecule has 3 nitrogen and oxygen atoms in total. The molecule has 0 fully saturated rings. The van der Waals surface area contributed by atoms with Crippen molar-refractivity contribution in [2.75, 3.05) is 5.75 Å². The third-order valence-electron chi connectivity index (χ3n) is 2.36. The molecule has 0 saturated carbocycles. The summed E-state index contributed by atoms with van der Waals surface area (Å²) in [6.45, 7) is 3.09.